The van der Waals surface area contributed by atoms with Crippen LogP contribution in [-0.2, 0) is 16.1 Å². The largest absolute Gasteiger partial charge is 0.493 e. The summed E-state index contributed by atoms with van der Waals surface area (Å²) in [5, 5.41) is 11.4. The van der Waals surface area contributed by atoms with Gasteiger partial charge in [0.05, 0.1) is 18.2 Å². The molecule has 4 rings (SSSR count). The maximum absolute atomic E-state index is 13.0. The zero-order chi connectivity index (χ0) is 27.6. The molecule has 7 nitrogen and oxygen atoms in total. The van der Waals surface area contributed by atoms with Gasteiger partial charge in [-0.2, -0.15) is 0 Å². The maximum Gasteiger partial charge on any atom is 0.338 e. The van der Waals surface area contributed by atoms with Crippen molar-refractivity contribution in [2.75, 3.05) is 13.7 Å². The first-order valence-corrected chi connectivity index (χ1v) is 12.5. The van der Waals surface area contributed by atoms with Gasteiger partial charge >= 0.3 is 11.9 Å². The van der Waals surface area contributed by atoms with E-state index < -0.39 is 30.8 Å². The maximum atomic E-state index is 13.0. The van der Waals surface area contributed by atoms with Crippen LogP contribution in [0.25, 0.3) is 0 Å². The third kappa shape index (κ3) is 7.60. The number of hydrogen-bond donors (Lipinski definition) is 1. The molecule has 0 bridgehead atoms. The van der Waals surface area contributed by atoms with Crippen molar-refractivity contribution in [1.82, 2.24) is 0 Å². The van der Waals surface area contributed by atoms with Gasteiger partial charge in [-0.3, -0.25) is 0 Å². The Bertz CT molecular complexity index is 1390. The first-order valence-electron chi connectivity index (χ1n) is 12.2. The molecule has 39 heavy (non-hydrogen) atoms. The van der Waals surface area contributed by atoms with Crippen LogP contribution in [0.3, 0.4) is 0 Å². The first-order chi connectivity index (χ1) is 18.9. The number of esters is 2. The molecule has 4 aromatic rings. The van der Waals surface area contributed by atoms with E-state index in [0.717, 1.165) is 5.56 Å². The predicted octanol–water partition coefficient (Wildman–Crippen LogP) is 6.04. The summed E-state index contributed by atoms with van der Waals surface area (Å²) in [5.41, 5.74) is 1.93. The van der Waals surface area contributed by atoms with Crippen LogP contribution in [0.4, 0.5) is 0 Å². The second-order valence-electron chi connectivity index (χ2n) is 8.55. The molecule has 0 aliphatic rings. The van der Waals surface area contributed by atoms with Gasteiger partial charge in [0, 0.05) is 5.02 Å². The Balaban J connectivity index is 1.55. The summed E-state index contributed by atoms with van der Waals surface area (Å²) in [4.78, 5) is 25.4. The minimum atomic E-state index is -1.39. The van der Waals surface area contributed by atoms with E-state index in [-0.39, 0.29) is 5.56 Å². The molecule has 0 unspecified atom stereocenters. The first kappa shape index (κ1) is 27.7. The molecule has 200 valence electrons. The van der Waals surface area contributed by atoms with Gasteiger partial charge in [-0.05, 0) is 53.6 Å². The smallest absolute Gasteiger partial charge is 0.338 e. The molecule has 0 radical (unpaired) electrons. The molecule has 0 saturated heterocycles. The molecule has 4 aromatic carbocycles. The molecular weight excluding hydrogens is 520 g/mol. The number of benzene rings is 4. The number of aliphatic hydroxyl groups excluding tert-OH is 1. The number of hydrogen-bond acceptors (Lipinski definition) is 7. The average Bonchev–Trinajstić information content (AvgIpc) is 2.98. The van der Waals surface area contributed by atoms with Crippen molar-refractivity contribution in [3.05, 3.63) is 130 Å². The summed E-state index contributed by atoms with van der Waals surface area (Å²) in [6, 6.07) is 29.2. The van der Waals surface area contributed by atoms with E-state index in [1.54, 1.807) is 66.7 Å². The highest BCUT2D eigenvalue weighted by atomic mass is 35.5. The molecule has 0 aliphatic heterocycles. The molecule has 8 heteroatoms. The minimum Gasteiger partial charge on any atom is -0.493 e. The molecule has 0 spiro atoms. The SMILES string of the molecule is COc1cc([C@@H](OC(=O)c2cccc(Cl)c2)[C@@H](O)COC(=O)c2ccccc2)ccc1OCc1ccccc1. The minimum absolute atomic E-state index is 0.204. The number of aliphatic hydroxyl groups is 1. The summed E-state index contributed by atoms with van der Waals surface area (Å²) in [6.07, 6.45) is -2.58. The third-order valence-electron chi connectivity index (χ3n) is 5.79. The average molecular weight is 547 g/mol. The number of ether oxygens (including phenoxy) is 4. The molecule has 0 saturated carbocycles. The van der Waals surface area contributed by atoms with Crippen LogP contribution in [0, 0.1) is 0 Å². The van der Waals surface area contributed by atoms with Gasteiger partial charge in [-0.1, -0.05) is 72.3 Å². The summed E-state index contributed by atoms with van der Waals surface area (Å²) >= 11 is 6.03. The highest BCUT2D eigenvalue weighted by molar-refractivity contribution is 6.30. The monoisotopic (exact) mass is 546 g/mol. The molecule has 2 atom stereocenters. The van der Waals surface area contributed by atoms with Crippen LogP contribution < -0.4 is 9.47 Å². The van der Waals surface area contributed by atoms with Crippen molar-refractivity contribution in [3.8, 4) is 11.5 Å². The van der Waals surface area contributed by atoms with Crippen molar-refractivity contribution in [2.24, 2.45) is 0 Å². The lowest BCUT2D eigenvalue weighted by Crippen LogP contribution is -2.29. The van der Waals surface area contributed by atoms with Crippen LogP contribution in [-0.4, -0.2) is 36.9 Å². The lowest BCUT2D eigenvalue weighted by molar-refractivity contribution is -0.0453. The van der Waals surface area contributed by atoms with Crippen molar-refractivity contribution >= 4 is 23.5 Å². The van der Waals surface area contributed by atoms with Crippen LogP contribution in [0.15, 0.2) is 103 Å². The van der Waals surface area contributed by atoms with E-state index in [2.05, 4.69) is 0 Å². The fraction of sp³-hybridized carbons (Fsp3) is 0.161. The topological polar surface area (TPSA) is 91.3 Å². The van der Waals surface area contributed by atoms with Gasteiger partial charge in [0.15, 0.2) is 17.6 Å². The Morgan fingerprint density at radius 1 is 0.795 bits per heavy atom. The number of rotatable bonds is 11. The highest BCUT2D eigenvalue weighted by Gasteiger charge is 2.29. The lowest BCUT2D eigenvalue weighted by Gasteiger charge is -2.24. The number of methoxy groups -OCH3 is 1. The Labute approximate surface area is 231 Å². The number of carbonyl (C=O) groups is 2. The number of halogens is 1. The predicted molar refractivity (Wildman–Crippen MR) is 146 cm³/mol. The van der Waals surface area contributed by atoms with Crippen LogP contribution in [0.5, 0.6) is 11.5 Å². The molecule has 0 aromatic heterocycles. The zero-order valence-corrected chi connectivity index (χ0v) is 21.9. The lowest BCUT2D eigenvalue weighted by atomic mass is 10.0. The van der Waals surface area contributed by atoms with Crippen molar-refractivity contribution in [2.45, 2.75) is 18.8 Å². The van der Waals surface area contributed by atoms with Crippen LogP contribution >= 0.6 is 11.6 Å². The molecule has 0 heterocycles. The Morgan fingerprint density at radius 3 is 2.18 bits per heavy atom. The quantitative estimate of drug-likeness (QED) is 0.229. The molecule has 0 amide bonds. The third-order valence-corrected chi connectivity index (χ3v) is 6.03. The fourth-order valence-corrected chi connectivity index (χ4v) is 3.98. The normalized spacial score (nSPS) is 12.2. The van der Waals surface area contributed by atoms with Crippen molar-refractivity contribution in [3.63, 3.8) is 0 Å². The van der Waals surface area contributed by atoms with Gasteiger partial charge in [-0.15, -0.1) is 0 Å². The van der Waals surface area contributed by atoms with E-state index in [9.17, 15) is 14.7 Å². The Morgan fingerprint density at radius 2 is 1.49 bits per heavy atom. The Kier molecular flexibility index (Phi) is 9.56. The van der Waals surface area contributed by atoms with Crippen molar-refractivity contribution in [1.29, 1.82) is 0 Å². The molecule has 1 N–H and O–H groups in total. The zero-order valence-electron chi connectivity index (χ0n) is 21.2. The standard InChI is InChI=1S/C31H27ClO7/c1-36-28-18-23(15-16-27(28)37-19-21-9-4-2-5-10-21)29(39-31(35)24-13-8-14-25(32)17-24)26(33)20-38-30(34)22-11-6-3-7-12-22/h2-18,26,29,33H,19-20H2,1H3/t26-,29+/m0/s1. The van der Waals surface area contributed by atoms with Crippen LogP contribution in [0.2, 0.25) is 5.02 Å². The second-order valence-corrected chi connectivity index (χ2v) is 8.99. The molecule has 0 fully saturated rings. The van der Waals surface area contributed by atoms with E-state index in [0.29, 0.717) is 34.3 Å². The highest BCUT2D eigenvalue weighted by Crippen LogP contribution is 2.34. The summed E-state index contributed by atoms with van der Waals surface area (Å²) < 4.78 is 22.5. The fourth-order valence-electron chi connectivity index (χ4n) is 3.79. The van der Waals surface area contributed by atoms with Crippen molar-refractivity contribution < 1.29 is 33.6 Å². The van der Waals surface area contributed by atoms with E-state index in [1.807, 2.05) is 30.3 Å². The van der Waals surface area contributed by atoms with E-state index in [1.165, 1.54) is 13.2 Å². The molecule has 0 aliphatic carbocycles. The summed E-state index contributed by atoms with van der Waals surface area (Å²) in [6.45, 7) is -0.0996. The van der Waals surface area contributed by atoms with Gasteiger partial charge in [-0.25, -0.2) is 9.59 Å². The molecular formula is C31H27ClO7. The van der Waals surface area contributed by atoms with E-state index >= 15 is 0 Å². The van der Waals surface area contributed by atoms with Gasteiger partial charge in [0.1, 0.15) is 19.3 Å². The number of carbonyl (C=O) groups excluding carboxylic acids is 2. The Hall–Kier alpha value is -4.33. The summed E-state index contributed by atoms with van der Waals surface area (Å²) in [7, 11) is 1.49. The van der Waals surface area contributed by atoms with Gasteiger partial charge in [0.2, 0.25) is 0 Å². The van der Waals surface area contributed by atoms with Gasteiger partial charge < -0.3 is 24.1 Å². The van der Waals surface area contributed by atoms with Crippen LogP contribution in [0.1, 0.15) is 37.9 Å². The van der Waals surface area contributed by atoms with E-state index in [4.69, 9.17) is 30.5 Å². The van der Waals surface area contributed by atoms with Gasteiger partial charge in [0.25, 0.3) is 0 Å². The second kappa shape index (κ2) is 13.5. The summed E-state index contributed by atoms with van der Waals surface area (Å²) in [5.74, 6) is -0.480.